The monoisotopic (exact) mass is 346 g/mol. The first-order valence-electron chi connectivity index (χ1n) is 7.79. The van der Waals surface area contributed by atoms with Crippen molar-refractivity contribution in [1.82, 2.24) is 0 Å². The van der Waals surface area contributed by atoms with E-state index in [0.717, 1.165) is 6.42 Å². The van der Waals surface area contributed by atoms with Crippen LogP contribution in [-0.2, 0) is 21.7 Å². The molecular formula is C18H34O3Ti. The zero-order valence-electron chi connectivity index (χ0n) is 15.6. The van der Waals surface area contributed by atoms with Crippen molar-refractivity contribution in [3.8, 4) is 0 Å². The Balaban J connectivity index is -0.000000107. The Morgan fingerprint density at radius 1 is 0.909 bits per heavy atom. The summed E-state index contributed by atoms with van der Waals surface area (Å²) in [7, 11) is 0. The summed E-state index contributed by atoms with van der Waals surface area (Å²) in [6, 6.07) is 0. The van der Waals surface area contributed by atoms with Crippen molar-refractivity contribution in [2.75, 3.05) is 0 Å². The third-order valence-corrected chi connectivity index (χ3v) is 1.86. The van der Waals surface area contributed by atoms with Crippen LogP contribution in [-0.4, -0.2) is 18.3 Å². The molecule has 128 valence electrons. The molecule has 0 amide bonds. The summed E-state index contributed by atoms with van der Waals surface area (Å²) in [5, 5.41) is 28.6. The van der Waals surface area contributed by atoms with Gasteiger partial charge in [0.05, 0.1) is 0 Å². The van der Waals surface area contributed by atoms with Gasteiger partial charge in [0, 0.05) is 0 Å². The molecule has 1 unspecified atom stereocenters. The molecule has 0 aromatic rings. The van der Waals surface area contributed by atoms with E-state index in [9.17, 15) is 15.3 Å². The summed E-state index contributed by atoms with van der Waals surface area (Å²) in [5.41, 5.74) is 1.40. The van der Waals surface area contributed by atoms with Crippen molar-refractivity contribution >= 4 is 0 Å². The maximum Gasteiger partial charge on any atom is 4.00 e. The van der Waals surface area contributed by atoms with Crippen LogP contribution in [0.15, 0.2) is 17.7 Å². The van der Waals surface area contributed by atoms with Crippen molar-refractivity contribution in [2.24, 2.45) is 5.92 Å². The molecule has 0 bridgehead atoms. The zero-order chi connectivity index (χ0) is 17.4. The van der Waals surface area contributed by atoms with E-state index in [4.69, 9.17) is 0 Å². The van der Waals surface area contributed by atoms with Crippen molar-refractivity contribution < 1.29 is 37.0 Å². The second-order valence-corrected chi connectivity index (χ2v) is 5.69. The Hall–Kier alpha value is 0.0743. The predicted octanol–water partition coefficient (Wildman–Crippen LogP) is 1.98. The molecule has 0 spiro atoms. The summed E-state index contributed by atoms with van der Waals surface area (Å²) in [6.45, 7) is 14.1. The molecule has 0 fully saturated rings. The van der Waals surface area contributed by atoms with E-state index in [2.05, 4.69) is 32.1 Å². The van der Waals surface area contributed by atoms with Gasteiger partial charge >= 0.3 is 21.7 Å². The fourth-order valence-corrected chi connectivity index (χ4v) is 0.980. The van der Waals surface area contributed by atoms with Crippen molar-refractivity contribution in [3.63, 3.8) is 0 Å². The molecule has 1 aliphatic rings. The average Bonchev–Trinajstić information content (AvgIpc) is 2.79. The number of allylic oxidation sites excluding steroid dienone is 4. The quantitative estimate of drug-likeness (QED) is 0.567. The Morgan fingerprint density at radius 3 is 1.41 bits per heavy atom. The Morgan fingerprint density at radius 2 is 1.23 bits per heavy atom. The predicted molar refractivity (Wildman–Crippen MR) is 85.4 cm³/mol. The Kier molecular flexibility index (Phi) is 28.7. The third kappa shape index (κ3) is 42.7. The van der Waals surface area contributed by atoms with Gasteiger partial charge in [-0.1, -0.05) is 67.7 Å². The van der Waals surface area contributed by atoms with Crippen LogP contribution in [0.5, 0.6) is 0 Å². The van der Waals surface area contributed by atoms with E-state index in [-0.39, 0.29) is 21.7 Å². The first kappa shape index (κ1) is 30.0. The van der Waals surface area contributed by atoms with E-state index in [1.54, 1.807) is 41.5 Å². The molecule has 22 heavy (non-hydrogen) atoms. The first-order chi connectivity index (χ1) is 9.54. The van der Waals surface area contributed by atoms with Crippen LogP contribution >= 0.6 is 0 Å². The van der Waals surface area contributed by atoms with Crippen LogP contribution in [0.3, 0.4) is 0 Å². The van der Waals surface area contributed by atoms with Gasteiger partial charge in [0.2, 0.25) is 0 Å². The van der Waals surface area contributed by atoms with Gasteiger partial charge in [-0.3, -0.25) is 6.08 Å². The summed E-state index contributed by atoms with van der Waals surface area (Å²) < 4.78 is 0. The Labute approximate surface area is 153 Å². The fourth-order valence-electron chi connectivity index (χ4n) is 0.980. The molecule has 0 aliphatic heterocycles. The molecule has 3 nitrogen and oxygen atoms in total. The molecule has 4 heteroatoms. The first-order valence-corrected chi connectivity index (χ1v) is 7.79. The van der Waals surface area contributed by atoms with Gasteiger partial charge in [0.15, 0.2) is 0 Å². The van der Waals surface area contributed by atoms with Crippen molar-refractivity contribution in [1.29, 1.82) is 0 Å². The molecule has 0 aromatic carbocycles. The molecule has 0 saturated heterocycles. The molecular weight excluding hydrogens is 312 g/mol. The molecule has 0 heterocycles. The molecule has 0 aromatic heterocycles. The summed E-state index contributed by atoms with van der Waals surface area (Å²) >= 11 is 0. The molecule has 0 N–H and O–H groups in total. The summed E-state index contributed by atoms with van der Waals surface area (Å²) in [6.07, 6.45) is 8.68. The second-order valence-electron chi connectivity index (χ2n) is 5.69. The van der Waals surface area contributed by atoms with Crippen LogP contribution < -0.4 is 15.3 Å². The molecule has 1 aliphatic carbocycles. The van der Waals surface area contributed by atoms with E-state index in [1.165, 1.54) is 12.0 Å². The standard InChI is InChI=1S/C9H13.3C3H7O.Ti/c1-3-8(2)9-6-4-5-7-9;3*1-3(2)4;/h4,6,8H,3,5H2,1-2H3;3*3H,1-2H3;/q4*-1;+4. The SMILES string of the molecule is CC(C)[O-].CC(C)[O-].CC(C)[O-].CCC(C)C1=[C-]CC=C1.[Ti+4]. The largest absolute Gasteiger partial charge is 4.00 e. The zero-order valence-corrected chi connectivity index (χ0v) is 17.2. The maximum absolute atomic E-state index is 9.53. The van der Waals surface area contributed by atoms with Gasteiger partial charge < -0.3 is 15.3 Å². The van der Waals surface area contributed by atoms with Crippen LogP contribution in [0.2, 0.25) is 0 Å². The Bertz CT molecular complexity index is 237. The molecule has 1 atom stereocenters. The van der Waals surface area contributed by atoms with Gasteiger partial charge in [-0.25, -0.2) is 11.6 Å². The van der Waals surface area contributed by atoms with Crippen LogP contribution in [0.4, 0.5) is 0 Å². The van der Waals surface area contributed by atoms with Crippen molar-refractivity contribution in [2.45, 2.75) is 86.5 Å². The van der Waals surface area contributed by atoms with Gasteiger partial charge in [0.25, 0.3) is 0 Å². The van der Waals surface area contributed by atoms with Gasteiger partial charge in [-0.05, 0) is 0 Å². The van der Waals surface area contributed by atoms with E-state index in [1.807, 2.05) is 0 Å². The summed E-state index contributed by atoms with van der Waals surface area (Å²) in [4.78, 5) is 0. The van der Waals surface area contributed by atoms with E-state index < -0.39 is 18.3 Å². The number of hydrogen-bond donors (Lipinski definition) is 0. The third-order valence-electron chi connectivity index (χ3n) is 1.86. The minimum Gasteiger partial charge on any atom is -0.852 e. The van der Waals surface area contributed by atoms with E-state index in [0.29, 0.717) is 5.92 Å². The fraction of sp³-hybridized carbons (Fsp3) is 0.778. The molecule has 1 rings (SSSR count). The van der Waals surface area contributed by atoms with Gasteiger partial charge in [-0.2, -0.15) is 6.08 Å². The van der Waals surface area contributed by atoms with Crippen LogP contribution in [0, 0.1) is 12.0 Å². The normalized spacial score (nSPS) is 13.1. The smallest absolute Gasteiger partial charge is 0.852 e. The van der Waals surface area contributed by atoms with Gasteiger partial charge in [-0.15, -0.1) is 24.7 Å². The number of rotatable bonds is 2. The average molecular weight is 346 g/mol. The summed E-state index contributed by atoms with van der Waals surface area (Å²) in [5.74, 6) is 0.712. The second kappa shape index (κ2) is 21.1. The molecule has 0 radical (unpaired) electrons. The van der Waals surface area contributed by atoms with Crippen LogP contribution in [0.25, 0.3) is 0 Å². The topological polar surface area (TPSA) is 69.2 Å². The molecule has 0 saturated carbocycles. The van der Waals surface area contributed by atoms with Crippen LogP contribution in [0.1, 0.15) is 68.2 Å². The minimum atomic E-state index is -0.417. The van der Waals surface area contributed by atoms with Gasteiger partial charge in [0.1, 0.15) is 0 Å². The maximum atomic E-state index is 9.53. The number of hydrogen-bond acceptors (Lipinski definition) is 3. The minimum absolute atomic E-state index is 0. The van der Waals surface area contributed by atoms with Crippen molar-refractivity contribution in [3.05, 3.63) is 23.8 Å². The van der Waals surface area contributed by atoms with E-state index >= 15 is 0 Å².